The molecule has 22 heavy (non-hydrogen) atoms. The fourth-order valence-corrected chi connectivity index (χ4v) is 2.09. The molecule has 0 saturated heterocycles. The topological polar surface area (TPSA) is 61.4 Å². The molecule has 0 fully saturated rings. The zero-order chi connectivity index (χ0) is 15.9. The SMILES string of the molecule is CN(CC(=O)NNC(=O)c1ccccc1Cl)c1ccccc1. The van der Waals surface area contributed by atoms with Crippen LogP contribution in [-0.2, 0) is 4.79 Å². The molecule has 6 heteroatoms. The maximum absolute atomic E-state index is 11.9. The molecule has 2 amide bonds. The van der Waals surface area contributed by atoms with E-state index in [0.717, 1.165) is 5.69 Å². The number of carbonyl (C=O) groups is 2. The molecule has 0 heterocycles. The average molecular weight is 318 g/mol. The summed E-state index contributed by atoms with van der Waals surface area (Å²) in [5, 5.41) is 0.329. The second-order valence-electron chi connectivity index (χ2n) is 4.67. The molecule has 114 valence electrons. The number of carbonyl (C=O) groups excluding carboxylic acids is 2. The Morgan fingerprint density at radius 2 is 1.64 bits per heavy atom. The summed E-state index contributed by atoms with van der Waals surface area (Å²) in [6.45, 7) is 0.118. The number of likely N-dealkylation sites (N-methyl/N-ethyl adjacent to an activating group) is 1. The van der Waals surface area contributed by atoms with Gasteiger partial charge in [-0.05, 0) is 24.3 Å². The second-order valence-corrected chi connectivity index (χ2v) is 5.08. The van der Waals surface area contributed by atoms with Gasteiger partial charge < -0.3 is 4.90 Å². The molecule has 2 N–H and O–H groups in total. The van der Waals surface area contributed by atoms with Gasteiger partial charge in [0.05, 0.1) is 17.1 Å². The lowest BCUT2D eigenvalue weighted by Gasteiger charge is -2.18. The van der Waals surface area contributed by atoms with Crippen molar-refractivity contribution >= 4 is 29.1 Å². The lowest BCUT2D eigenvalue weighted by atomic mass is 10.2. The predicted octanol–water partition coefficient (Wildman–Crippen LogP) is 2.24. The van der Waals surface area contributed by atoms with Crippen LogP contribution >= 0.6 is 11.6 Å². The van der Waals surface area contributed by atoms with E-state index in [-0.39, 0.29) is 12.5 Å². The molecule has 0 aliphatic heterocycles. The number of nitrogens with zero attached hydrogens (tertiary/aromatic N) is 1. The fraction of sp³-hybridized carbons (Fsp3) is 0.125. The molecule has 0 bridgehead atoms. The zero-order valence-corrected chi connectivity index (χ0v) is 12.8. The fourth-order valence-electron chi connectivity index (χ4n) is 1.87. The maximum Gasteiger partial charge on any atom is 0.271 e. The van der Waals surface area contributed by atoms with Crippen LogP contribution in [0.3, 0.4) is 0 Å². The van der Waals surface area contributed by atoms with Gasteiger partial charge in [-0.2, -0.15) is 0 Å². The highest BCUT2D eigenvalue weighted by Gasteiger charge is 2.11. The molecule has 0 unspecified atom stereocenters. The number of hydrazine groups is 1. The highest BCUT2D eigenvalue weighted by atomic mass is 35.5. The van der Waals surface area contributed by atoms with Crippen molar-refractivity contribution in [3.05, 3.63) is 65.2 Å². The number of halogens is 1. The first-order valence-electron chi connectivity index (χ1n) is 6.68. The Morgan fingerprint density at radius 1 is 1.00 bits per heavy atom. The van der Waals surface area contributed by atoms with Crippen LogP contribution in [0.2, 0.25) is 5.02 Å². The standard InChI is InChI=1S/C16H16ClN3O2/c1-20(12-7-3-2-4-8-12)11-15(21)18-19-16(22)13-9-5-6-10-14(13)17/h2-10H,11H2,1H3,(H,18,21)(H,19,22). The number of benzene rings is 2. The van der Waals surface area contributed by atoms with E-state index in [1.165, 1.54) is 0 Å². The Morgan fingerprint density at radius 3 is 2.32 bits per heavy atom. The first-order chi connectivity index (χ1) is 10.6. The van der Waals surface area contributed by atoms with Crippen LogP contribution in [0.5, 0.6) is 0 Å². The molecule has 2 rings (SSSR count). The molecule has 0 aromatic heterocycles. The summed E-state index contributed by atoms with van der Waals surface area (Å²) < 4.78 is 0. The van der Waals surface area contributed by atoms with Crippen molar-refractivity contribution < 1.29 is 9.59 Å². The molecule has 0 spiro atoms. The molecular weight excluding hydrogens is 302 g/mol. The number of amides is 2. The lowest BCUT2D eigenvalue weighted by Crippen LogP contribution is -2.45. The van der Waals surface area contributed by atoms with Gasteiger partial charge in [0.1, 0.15) is 0 Å². The quantitative estimate of drug-likeness (QED) is 0.850. The number of para-hydroxylation sites is 1. The van der Waals surface area contributed by atoms with Crippen molar-refractivity contribution in [3.8, 4) is 0 Å². The summed E-state index contributed by atoms with van der Waals surface area (Å²) >= 11 is 5.92. The second kappa shape index (κ2) is 7.47. The van der Waals surface area contributed by atoms with Gasteiger partial charge in [-0.1, -0.05) is 41.9 Å². The van der Waals surface area contributed by atoms with Gasteiger partial charge in [-0.25, -0.2) is 0 Å². The van der Waals surface area contributed by atoms with Crippen LogP contribution in [0, 0.1) is 0 Å². The Balaban J connectivity index is 1.85. The summed E-state index contributed by atoms with van der Waals surface area (Å²) in [4.78, 5) is 25.5. The number of nitrogens with one attached hydrogen (secondary N) is 2. The minimum atomic E-state index is -0.457. The minimum Gasteiger partial charge on any atom is -0.365 e. The monoisotopic (exact) mass is 317 g/mol. The van der Waals surface area contributed by atoms with E-state index >= 15 is 0 Å². The van der Waals surface area contributed by atoms with Crippen molar-refractivity contribution in [2.45, 2.75) is 0 Å². The Kier molecular flexibility index (Phi) is 5.38. The van der Waals surface area contributed by atoms with Crippen LogP contribution in [0.4, 0.5) is 5.69 Å². The predicted molar refractivity (Wildman–Crippen MR) is 86.8 cm³/mol. The van der Waals surface area contributed by atoms with E-state index in [1.807, 2.05) is 30.3 Å². The first-order valence-corrected chi connectivity index (χ1v) is 7.05. The van der Waals surface area contributed by atoms with Gasteiger partial charge in [0.2, 0.25) is 0 Å². The smallest absolute Gasteiger partial charge is 0.271 e. The van der Waals surface area contributed by atoms with Crippen LogP contribution < -0.4 is 15.8 Å². The van der Waals surface area contributed by atoms with Gasteiger partial charge in [-0.15, -0.1) is 0 Å². The van der Waals surface area contributed by atoms with Crippen molar-refractivity contribution in [1.29, 1.82) is 0 Å². The third-order valence-corrected chi connectivity index (χ3v) is 3.34. The van der Waals surface area contributed by atoms with Gasteiger partial charge in [0, 0.05) is 12.7 Å². The number of anilines is 1. The molecule has 5 nitrogen and oxygen atoms in total. The first kappa shape index (κ1) is 15.9. The molecular formula is C16H16ClN3O2. The molecule has 2 aromatic carbocycles. The molecule has 2 aromatic rings. The molecule has 0 atom stereocenters. The lowest BCUT2D eigenvalue weighted by molar-refractivity contribution is -0.120. The third-order valence-electron chi connectivity index (χ3n) is 3.01. The Bertz CT molecular complexity index is 661. The zero-order valence-electron chi connectivity index (χ0n) is 12.0. The van der Waals surface area contributed by atoms with E-state index in [9.17, 15) is 9.59 Å². The van der Waals surface area contributed by atoms with Crippen LogP contribution in [-0.4, -0.2) is 25.4 Å². The van der Waals surface area contributed by atoms with Gasteiger partial charge >= 0.3 is 0 Å². The van der Waals surface area contributed by atoms with E-state index in [2.05, 4.69) is 10.9 Å². The van der Waals surface area contributed by atoms with Gasteiger partial charge in [0.25, 0.3) is 11.8 Å². The number of hydrogen-bond donors (Lipinski definition) is 2. The van der Waals surface area contributed by atoms with E-state index in [4.69, 9.17) is 11.6 Å². The summed E-state index contributed by atoms with van der Waals surface area (Å²) in [5.41, 5.74) is 5.94. The van der Waals surface area contributed by atoms with Gasteiger partial charge in [-0.3, -0.25) is 20.4 Å². The highest BCUT2D eigenvalue weighted by Crippen LogP contribution is 2.14. The van der Waals surface area contributed by atoms with E-state index in [0.29, 0.717) is 10.6 Å². The summed E-state index contributed by atoms with van der Waals surface area (Å²) in [6.07, 6.45) is 0. The minimum absolute atomic E-state index is 0.118. The van der Waals surface area contributed by atoms with Crippen molar-refractivity contribution in [1.82, 2.24) is 10.9 Å². The van der Waals surface area contributed by atoms with E-state index in [1.54, 1.807) is 36.2 Å². The maximum atomic E-state index is 11.9. The summed E-state index contributed by atoms with van der Waals surface area (Å²) in [7, 11) is 1.80. The van der Waals surface area contributed by atoms with Crippen molar-refractivity contribution in [3.63, 3.8) is 0 Å². The van der Waals surface area contributed by atoms with Crippen LogP contribution in [0.1, 0.15) is 10.4 Å². The normalized spacial score (nSPS) is 9.91. The molecule has 0 aliphatic carbocycles. The summed E-state index contributed by atoms with van der Waals surface area (Å²) in [6, 6.07) is 16.1. The third kappa shape index (κ3) is 4.23. The van der Waals surface area contributed by atoms with Crippen molar-refractivity contribution in [2.24, 2.45) is 0 Å². The van der Waals surface area contributed by atoms with Gasteiger partial charge in [0.15, 0.2) is 0 Å². The number of hydrogen-bond acceptors (Lipinski definition) is 3. The molecule has 0 radical (unpaired) electrons. The Hall–Kier alpha value is -2.53. The van der Waals surface area contributed by atoms with E-state index < -0.39 is 5.91 Å². The van der Waals surface area contributed by atoms with Crippen LogP contribution in [0.15, 0.2) is 54.6 Å². The van der Waals surface area contributed by atoms with Crippen molar-refractivity contribution in [2.75, 3.05) is 18.5 Å². The Labute approximate surface area is 133 Å². The largest absolute Gasteiger partial charge is 0.365 e. The highest BCUT2D eigenvalue weighted by molar-refractivity contribution is 6.33. The average Bonchev–Trinajstić information content (AvgIpc) is 2.54. The summed E-state index contributed by atoms with van der Waals surface area (Å²) in [5.74, 6) is -0.784. The van der Waals surface area contributed by atoms with Crippen LogP contribution in [0.25, 0.3) is 0 Å². The molecule has 0 aliphatic rings. The number of rotatable bonds is 4. The molecule has 0 saturated carbocycles.